The Morgan fingerprint density at radius 1 is 1.44 bits per heavy atom. The first-order chi connectivity index (χ1) is 7.36. The summed E-state index contributed by atoms with van der Waals surface area (Å²) in [5.41, 5.74) is -0.728. The molecule has 1 rings (SSSR count). The number of alkyl halides is 3. The van der Waals surface area contributed by atoms with Gasteiger partial charge in [-0.3, -0.25) is 4.79 Å². The number of pyridine rings is 1. The highest BCUT2D eigenvalue weighted by atomic mass is 32.2. The highest BCUT2D eigenvalue weighted by Gasteiger charge is 2.33. The quantitative estimate of drug-likeness (QED) is 0.607. The van der Waals surface area contributed by atoms with Crippen molar-refractivity contribution in [2.24, 2.45) is 0 Å². The Bertz CT molecular complexity index is 404. The largest absolute Gasteiger partial charge is 0.433 e. The molecule has 0 fully saturated rings. The van der Waals surface area contributed by atoms with Crippen LogP contribution in [0.2, 0.25) is 0 Å². The van der Waals surface area contributed by atoms with Gasteiger partial charge in [-0.25, -0.2) is 4.98 Å². The second-order valence-corrected chi connectivity index (χ2v) is 4.29. The molecular formula is C10H10F3NOS. The molecule has 1 heterocycles. The molecule has 0 amide bonds. The van der Waals surface area contributed by atoms with E-state index in [0.29, 0.717) is 5.75 Å². The van der Waals surface area contributed by atoms with E-state index in [1.165, 1.54) is 13.0 Å². The average Bonchev–Trinajstić information content (AvgIpc) is 2.16. The summed E-state index contributed by atoms with van der Waals surface area (Å²) in [6, 6.07) is 2.01. The Balaban J connectivity index is 3.22. The van der Waals surface area contributed by atoms with Crippen LogP contribution < -0.4 is 0 Å². The Morgan fingerprint density at radius 2 is 2.06 bits per heavy atom. The van der Waals surface area contributed by atoms with Crippen molar-refractivity contribution in [2.75, 3.05) is 5.75 Å². The van der Waals surface area contributed by atoms with Gasteiger partial charge in [0.05, 0.1) is 0 Å². The van der Waals surface area contributed by atoms with Crippen LogP contribution in [0.25, 0.3) is 0 Å². The molecule has 0 radical (unpaired) electrons. The number of nitrogens with zero attached hydrogens (tertiary/aromatic N) is 1. The van der Waals surface area contributed by atoms with Crippen molar-refractivity contribution in [1.29, 1.82) is 0 Å². The molecule has 0 aromatic carbocycles. The van der Waals surface area contributed by atoms with E-state index >= 15 is 0 Å². The van der Waals surface area contributed by atoms with Crippen molar-refractivity contribution in [3.63, 3.8) is 0 Å². The molecule has 6 heteroatoms. The summed E-state index contributed by atoms with van der Waals surface area (Å²) in [6.07, 6.45) is -4.47. The zero-order valence-electron chi connectivity index (χ0n) is 8.76. The minimum absolute atomic E-state index is 0.143. The molecule has 1 aromatic heterocycles. The van der Waals surface area contributed by atoms with Gasteiger partial charge >= 0.3 is 6.18 Å². The normalized spacial score (nSPS) is 11.6. The molecule has 0 spiro atoms. The van der Waals surface area contributed by atoms with Crippen molar-refractivity contribution in [1.82, 2.24) is 4.98 Å². The lowest BCUT2D eigenvalue weighted by Crippen LogP contribution is -2.10. The predicted molar refractivity (Wildman–Crippen MR) is 55.6 cm³/mol. The topological polar surface area (TPSA) is 30.0 Å². The van der Waals surface area contributed by atoms with Gasteiger partial charge in [-0.15, -0.1) is 11.8 Å². The van der Waals surface area contributed by atoms with Gasteiger partial charge in [-0.2, -0.15) is 13.2 Å². The van der Waals surface area contributed by atoms with Gasteiger partial charge in [0.2, 0.25) is 0 Å². The van der Waals surface area contributed by atoms with Crippen LogP contribution in [0.4, 0.5) is 13.2 Å². The minimum atomic E-state index is -4.47. The first-order valence-electron chi connectivity index (χ1n) is 4.58. The zero-order chi connectivity index (χ0) is 12.3. The molecular weight excluding hydrogens is 239 g/mol. The Kier molecular flexibility index (Phi) is 3.96. The van der Waals surface area contributed by atoms with E-state index in [2.05, 4.69) is 4.98 Å². The lowest BCUT2D eigenvalue weighted by atomic mass is 10.2. The smallest absolute Gasteiger partial charge is 0.294 e. The van der Waals surface area contributed by atoms with Crippen LogP contribution in [0.3, 0.4) is 0 Å². The minimum Gasteiger partial charge on any atom is -0.294 e. The Labute approximate surface area is 95.3 Å². The fourth-order valence-corrected chi connectivity index (χ4v) is 1.92. The average molecular weight is 249 g/mol. The van der Waals surface area contributed by atoms with Gasteiger partial charge in [0.25, 0.3) is 0 Å². The number of aromatic nitrogens is 1. The fraction of sp³-hybridized carbons (Fsp3) is 0.400. The number of carbonyl (C=O) groups excluding carboxylic acids is 1. The van der Waals surface area contributed by atoms with Crippen molar-refractivity contribution < 1.29 is 18.0 Å². The van der Waals surface area contributed by atoms with E-state index in [9.17, 15) is 18.0 Å². The molecule has 0 N–H and O–H groups in total. The van der Waals surface area contributed by atoms with E-state index in [4.69, 9.17) is 0 Å². The van der Waals surface area contributed by atoms with Gasteiger partial charge < -0.3 is 0 Å². The number of thioether (sulfide) groups is 1. The summed E-state index contributed by atoms with van der Waals surface area (Å²) in [5.74, 6) is 0.284. The first-order valence-corrected chi connectivity index (χ1v) is 5.56. The van der Waals surface area contributed by atoms with Crippen LogP contribution in [0.15, 0.2) is 17.2 Å². The second-order valence-electron chi connectivity index (χ2n) is 3.04. The molecule has 0 aliphatic carbocycles. The summed E-state index contributed by atoms with van der Waals surface area (Å²) in [6.45, 7) is 3.10. The number of carbonyl (C=O) groups is 1. The Morgan fingerprint density at radius 3 is 2.50 bits per heavy atom. The third-order valence-electron chi connectivity index (χ3n) is 1.81. The molecule has 0 saturated heterocycles. The van der Waals surface area contributed by atoms with Gasteiger partial charge in [0.1, 0.15) is 10.7 Å². The predicted octanol–water partition coefficient (Wildman–Crippen LogP) is 3.42. The summed E-state index contributed by atoms with van der Waals surface area (Å²) in [7, 11) is 0. The molecule has 1 aromatic rings. The molecule has 2 nitrogen and oxygen atoms in total. The highest BCUT2D eigenvalue weighted by Crippen LogP contribution is 2.30. The lowest BCUT2D eigenvalue weighted by Gasteiger charge is -2.09. The van der Waals surface area contributed by atoms with Crippen molar-refractivity contribution in [2.45, 2.75) is 25.0 Å². The molecule has 0 atom stereocenters. The lowest BCUT2D eigenvalue weighted by molar-refractivity contribution is -0.141. The second kappa shape index (κ2) is 4.86. The van der Waals surface area contributed by atoms with Gasteiger partial charge in [-0.05, 0) is 24.8 Å². The van der Waals surface area contributed by atoms with Gasteiger partial charge in [-0.1, -0.05) is 6.92 Å². The number of ketones is 1. The molecule has 0 saturated carbocycles. The zero-order valence-corrected chi connectivity index (χ0v) is 9.58. The van der Waals surface area contributed by atoms with Crippen LogP contribution in [0, 0.1) is 0 Å². The molecule has 88 valence electrons. The van der Waals surface area contributed by atoms with E-state index in [-0.39, 0.29) is 16.4 Å². The summed E-state index contributed by atoms with van der Waals surface area (Å²) in [5, 5.41) is 0.143. The maximum absolute atomic E-state index is 12.4. The summed E-state index contributed by atoms with van der Waals surface area (Å²) >= 11 is 1.13. The van der Waals surface area contributed by atoms with E-state index in [1.54, 1.807) is 6.92 Å². The maximum atomic E-state index is 12.4. The van der Waals surface area contributed by atoms with Crippen LogP contribution in [-0.4, -0.2) is 16.5 Å². The van der Waals surface area contributed by atoms with E-state index < -0.39 is 11.9 Å². The number of rotatable bonds is 3. The van der Waals surface area contributed by atoms with E-state index in [1.807, 2.05) is 0 Å². The van der Waals surface area contributed by atoms with E-state index in [0.717, 1.165) is 17.8 Å². The fourth-order valence-electron chi connectivity index (χ4n) is 1.11. The standard InChI is InChI=1S/C10H10F3NOS/c1-3-16-9-7(6(2)15)4-5-8(14-9)10(11,12)13/h4-5H,3H2,1-2H3. The van der Waals surface area contributed by atoms with Crippen LogP contribution >= 0.6 is 11.8 Å². The SMILES string of the molecule is CCSc1nc(C(F)(F)F)ccc1C(C)=O. The molecule has 0 unspecified atom stereocenters. The van der Waals surface area contributed by atoms with Crippen molar-refractivity contribution >= 4 is 17.5 Å². The Hall–Kier alpha value is -1.04. The van der Waals surface area contributed by atoms with Crippen LogP contribution in [0.1, 0.15) is 29.9 Å². The van der Waals surface area contributed by atoms with Crippen LogP contribution in [-0.2, 0) is 6.18 Å². The first kappa shape index (κ1) is 13.0. The van der Waals surface area contributed by atoms with Crippen molar-refractivity contribution in [3.8, 4) is 0 Å². The molecule has 0 aliphatic rings. The summed E-state index contributed by atoms with van der Waals surface area (Å²) in [4.78, 5) is 14.6. The number of halogens is 3. The maximum Gasteiger partial charge on any atom is 0.433 e. The van der Waals surface area contributed by atoms with Gasteiger partial charge in [0, 0.05) is 5.56 Å². The van der Waals surface area contributed by atoms with Crippen LogP contribution in [0.5, 0.6) is 0 Å². The molecule has 0 aliphatic heterocycles. The van der Waals surface area contributed by atoms with Gasteiger partial charge in [0.15, 0.2) is 5.78 Å². The molecule has 0 bridgehead atoms. The third kappa shape index (κ3) is 2.98. The van der Waals surface area contributed by atoms with Crippen molar-refractivity contribution in [3.05, 3.63) is 23.4 Å². The monoisotopic (exact) mass is 249 g/mol. The highest BCUT2D eigenvalue weighted by molar-refractivity contribution is 7.99. The third-order valence-corrected chi connectivity index (χ3v) is 2.68. The number of Topliss-reactive ketones (excluding diaryl/α,β-unsaturated/α-hetero) is 1. The number of hydrogen-bond acceptors (Lipinski definition) is 3. The molecule has 16 heavy (non-hydrogen) atoms. The number of hydrogen-bond donors (Lipinski definition) is 0. The summed E-state index contributed by atoms with van der Waals surface area (Å²) < 4.78 is 37.2.